The van der Waals surface area contributed by atoms with E-state index in [0.29, 0.717) is 17.7 Å². The van der Waals surface area contributed by atoms with Gasteiger partial charge in [-0.3, -0.25) is 4.79 Å². The standard InChI is InChI=1S/C14H23N3O2/c1-4-14(5-2)9-11(6-7-19-14)17-12-8-13(18)16-10(3)15-12/h8,11H,4-7,9H2,1-3H3,(H2,15,16,17,18). The SMILES string of the molecule is CCC1(CC)CC(Nc2cc(=O)[nH]c(C)n2)CCO1. The van der Waals surface area contributed by atoms with Crippen molar-refractivity contribution in [2.75, 3.05) is 11.9 Å². The van der Waals surface area contributed by atoms with Gasteiger partial charge in [0.15, 0.2) is 0 Å². The maximum Gasteiger partial charge on any atom is 0.252 e. The summed E-state index contributed by atoms with van der Waals surface area (Å²) in [6.07, 6.45) is 3.95. The van der Waals surface area contributed by atoms with Gasteiger partial charge in [-0.05, 0) is 32.6 Å². The number of nitrogens with one attached hydrogen (secondary N) is 2. The second-order valence-electron chi connectivity index (χ2n) is 5.29. The molecule has 5 heteroatoms. The molecule has 2 rings (SSSR count). The van der Waals surface area contributed by atoms with Gasteiger partial charge in [0.05, 0.1) is 5.60 Å². The Hall–Kier alpha value is -1.36. The van der Waals surface area contributed by atoms with E-state index in [2.05, 4.69) is 29.1 Å². The van der Waals surface area contributed by atoms with Crippen LogP contribution in [0.4, 0.5) is 5.82 Å². The Labute approximate surface area is 113 Å². The monoisotopic (exact) mass is 265 g/mol. The molecular weight excluding hydrogens is 242 g/mol. The molecular formula is C14H23N3O2. The average molecular weight is 265 g/mol. The summed E-state index contributed by atoms with van der Waals surface area (Å²) in [5.41, 5.74) is -0.133. The minimum Gasteiger partial charge on any atom is -0.375 e. The first-order chi connectivity index (χ1) is 9.07. The third-order valence-corrected chi connectivity index (χ3v) is 3.99. The highest BCUT2D eigenvalue weighted by Gasteiger charge is 2.34. The number of aromatic amines is 1. The van der Waals surface area contributed by atoms with Crippen molar-refractivity contribution in [3.05, 3.63) is 22.2 Å². The Morgan fingerprint density at radius 2 is 2.26 bits per heavy atom. The van der Waals surface area contributed by atoms with Gasteiger partial charge in [0.2, 0.25) is 0 Å². The second-order valence-corrected chi connectivity index (χ2v) is 5.29. The first kappa shape index (κ1) is 14.1. The molecule has 0 radical (unpaired) electrons. The van der Waals surface area contributed by atoms with Crippen LogP contribution in [0, 0.1) is 6.92 Å². The number of hydrogen-bond donors (Lipinski definition) is 2. The van der Waals surface area contributed by atoms with Gasteiger partial charge >= 0.3 is 0 Å². The third kappa shape index (κ3) is 3.35. The maximum atomic E-state index is 11.4. The van der Waals surface area contributed by atoms with Crippen molar-refractivity contribution in [1.29, 1.82) is 0 Å². The van der Waals surface area contributed by atoms with Crippen LogP contribution in [-0.4, -0.2) is 28.2 Å². The lowest BCUT2D eigenvalue weighted by Gasteiger charge is -2.40. The van der Waals surface area contributed by atoms with E-state index in [0.717, 1.165) is 32.3 Å². The largest absolute Gasteiger partial charge is 0.375 e. The molecule has 1 aliphatic rings. The number of H-pyrrole nitrogens is 1. The van der Waals surface area contributed by atoms with Crippen LogP contribution < -0.4 is 10.9 Å². The van der Waals surface area contributed by atoms with Crippen LogP contribution in [0.3, 0.4) is 0 Å². The average Bonchev–Trinajstić information content (AvgIpc) is 2.37. The predicted molar refractivity (Wildman–Crippen MR) is 75.5 cm³/mol. The molecule has 0 aliphatic carbocycles. The molecule has 1 unspecified atom stereocenters. The molecule has 0 bridgehead atoms. The zero-order valence-electron chi connectivity index (χ0n) is 12.0. The highest BCUT2D eigenvalue weighted by atomic mass is 16.5. The van der Waals surface area contributed by atoms with Crippen LogP contribution in [0.5, 0.6) is 0 Å². The zero-order chi connectivity index (χ0) is 13.9. The Kier molecular flexibility index (Phi) is 4.24. The second kappa shape index (κ2) is 5.74. The lowest BCUT2D eigenvalue weighted by Crippen LogP contribution is -2.43. The first-order valence-corrected chi connectivity index (χ1v) is 7.05. The van der Waals surface area contributed by atoms with Crippen LogP contribution in [0.1, 0.15) is 45.4 Å². The smallest absolute Gasteiger partial charge is 0.252 e. The van der Waals surface area contributed by atoms with Crippen LogP contribution in [0.2, 0.25) is 0 Å². The number of aromatic nitrogens is 2. The molecule has 19 heavy (non-hydrogen) atoms. The highest BCUT2D eigenvalue weighted by Crippen LogP contribution is 2.32. The van der Waals surface area contributed by atoms with Crippen LogP contribution >= 0.6 is 0 Å². The van der Waals surface area contributed by atoms with Crippen molar-refractivity contribution in [3.63, 3.8) is 0 Å². The summed E-state index contributed by atoms with van der Waals surface area (Å²) in [5, 5.41) is 3.37. The topological polar surface area (TPSA) is 67.0 Å². The molecule has 1 aliphatic heterocycles. The van der Waals surface area contributed by atoms with Crippen LogP contribution in [0.25, 0.3) is 0 Å². The summed E-state index contributed by atoms with van der Waals surface area (Å²) in [6, 6.07) is 1.84. The molecule has 106 valence electrons. The maximum absolute atomic E-state index is 11.4. The Bertz CT molecular complexity index is 480. The van der Waals surface area contributed by atoms with Gasteiger partial charge in [-0.15, -0.1) is 0 Å². The lowest BCUT2D eigenvalue weighted by molar-refractivity contribution is -0.0864. The Balaban J connectivity index is 2.08. The minimum absolute atomic E-state index is 0.0217. The van der Waals surface area contributed by atoms with Crippen molar-refractivity contribution >= 4 is 5.82 Å². The van der Waals surface area contributed by atoms with E-state index in [1.165, 1.54) is 6.07 Å². The van der Waals surface area contributed by atoms with Gasteiger partial charge in [0, 0.05) is 18.7 Å². The molecule has 1 atom stereocenters. The minimum atomic E-state index is -0.112. The van der Waals surface area contributed by atoms with Gasteiger partial charge in [-0.2, -0.15) is 0 Å². The van der Waals surface area contributed by atoms with E-state index in [9.17, 15) is 4.79 Å². The van der Waals surface area contributed by atoms with Crippen molar-refractivity contribution < 1.29 is 4.74 Å². The summed E-state index contributed by atoms with van der Waals surface area (Å²) in [4.78, 5) is 18.4. The van der Waals surface area contributed by atoms with Crippen LogP contribution in [-0.2, 0) is 4.74 Å². The summed E-state index contributed by atoms with van der Waals surface area (Å²) in [6.45, 7) is 6.89. The number of aryl methyl sites for hydroxylation is 1. The molecule has 1 aromatic rings. The van der Waals surface area contributed by atoms with E-state index in [1.807, 2.05) is 0 Å². The molecule has 0 spiro atoms. The van der Waals surface area contributed by atoms with E-state index in [-0.39, 0.29) is 11.2 Å². The molecule has 0 saturated carbocycles. The molecule has 1 saturated heterocycles. The predicted octanol–water partition coefficient (Wildman–Crippen LogP) is 2.23. The summed E-state index contributed by atoms with van der Waals surface area (Å²) >= 11 is 0. The van der Waals surface area contributed by atoms with E-state index >= 15 is 0 Å². The number of anilines is 1. The van der Waals surface area contributed by atoms with E-state index < -0.39 is 0 Å². The zero-order valence-corrected chi connectivity index (χ0v) is 12.0. The van der Waals surface area contributed by atoms with Crippen molar-refractivity contribution in [1.82, 2.24) is 9.97 Å². The fraction of sp³-hybridized carbons (Fsp3) is 0.714. The van der Waals surface area contributed by atoms with Gasteiger partial charge in [0.25, 0.3) is 5.56 Å². The molecule has 0 aromatic carbocycles. The van der Waals surface area contributed by atoms with E-state index in [4.69, 9.17) is 4.74 Å². The lowest BCUT2D eigenvalue weighted by atomic mass is 9.86. The van der Waals surface area contributed by atoms with E-state index in [1.54, 1.807) is 6.92 Å². The Morgan fingerprint density at radius 3 is 2.89 bits per heavy atom. The summed E-state index contributed by atoms with van der Waals surface area (Å²) < 4.78 is 5.95. The number of nitrogens with zero attached hydrogens (tertiary/aromatic N) is 1. The third-order valence-electron chi connectivity index (χ3n) is 3.99. The fourth-order valence-corrected chi connectivity index (χ4v) is 2.76. The normalized spacial score (nSPS) is 22.2. The van der Waals surface area contributed by atoms with Crippen molar-refractivity contribution in [3.8, 4) is 0 Å². The molecule has 2 N–H and O–H groups in total. The number of hydrogen-bond acceptors (Lipinski definition) is 4. The summed E-state index contributed by atoms with van der Waals surface area (Å²) in [7, 11) is 0. The molecule has 0 amide bonds. The molecule has 1 fully saturated rings. The highest BCUT2D eigenvalue weighted by molar-refractivity contribution is 5.34. The first-order valence-electron chi connectivity index (χ1n) is 7.05. The molecule has 5 nitrogen and oxygen atoms in total. The van der Waals surface area contributed by atoms with Gasteiger partial charge in [0.1, 0.15) is 11.6 Å². The van der Waals surface area contributed by atoms with Crippen molar-refractivity contribution in [2.24, 2.45) is 0 Å². The quantitative estimate of drug-likeness (QED) is 0.876. The van der Waals surface area contributed by atoms with Crippen molar-refractivity contribution in [2.45, 2.75) is 58.1 Å². The van der Waals surface area contributed by atoms with Crippen LogP contribution in [0.15, 0.2) is 10.9 Å². The van der Waals surface area contributed by atoms with Gasteiger partial charge in [-0.1, -0.05) is 13.8 Å². The molecule has 2 heterocycles. The van der Waals surface area contributed by atoms with Gasteiger partial charge < -0.3 is 15.0 Å². The van der Waals surface area contributed by atoms with Gasteiger partial charge in [-0.25, -0.2) is 4.98 Å². The fourth-order valence-electron chi connectivity index (χ4n) is 2.76. The summed E-state index contributed by atoms with van der Waals surface area (Å²) in [5.74, 6) is 1.30. The number of rotatable bonds is 4. The molecule has 1 aromatic heterocycles. The Morgan fingerprint density at radius 1 is 1.53 bits per heavy atom. The number of ether oxygens (including phenoxy) is 1.